The Labute approximate surface area is 107 Å². The Morgan fingerprint density at radius 1 is 1.28 bits per heavy atom. The summed E-state index contributed by atoms with van der Waals surface area (Å²) >= 11 is 0. The second-order valence-electron chi connectivity index (χ2n) is 5.04. The molecule has 1 aliphatic carbocycles. The predicted molar refractivity (Wildman–Crippen MR) is 68.6 cm³/mol. The van der Waals surface area contributed by atoms with Crippen molar-refractivity contribution in [3.8, 4) is 17.2 Å². The summed E-state index contributed by atoms with van der Waals surface area (Å²) in [6.07, 6.45) is 3.46. The van der Waals surface area contributed by atoms with E-state index in [4.69, 9.17) is 19.9 Å². The lowest BCUT2D eigenvalue weighted by Gasteiger charge is -2.43. The van der Waals surface area contributed by atoms with Crippen LogP contribution in [0.25, 0.3) is 0 Å². The van der Waals surface area contributed by atoms with Gasteiger partial charge in [0, 0.05) is 23.6 Å². The molecule has 98 valence electrons. The molecule has 0 aromatic heterocycles. The van der Waals surface area contributed by atoms with E-state index in [1.807, 2.05) is 6.07 Å². The minimum absolute atomic E-state index is 0.0549. The van der Waals surface area contributed by atoms with Gasteiger partial charge in [0.1, 0.15) is 19.0 Å². The van der Waals surface area contributed by atoms with Gasteiger partial charge in [-0.3, -0.25) is 0 Å². The first-order chi connectivity index (χ1) is 8.79. The molecule has 0 amide bonds. The number of hydrogen-bond donors (Lipinski definition) is 1. The quantitative estimate of drug-likeness (QED) is 0.888. The lowest BCUT2D eigenvalue weighted by atomic mass is 9.64. The van der Waals surface area contributed by atoms with Crippen LogP contribution in [0.4, 0.5) is 0 Å². The van der Waals surface area contributed by atoms with E-state index >= 15 is 0 Å². The van der Waals surface area contributed by atoms with Crippen molar-refractivity contribution in [1.82, 2.24) is 0 Å². The summed E-state index contributed by atoms with van der Waals surface area (Å²) in [7, 11) is 1.67. The molecule has 0 radical (unpaired) electrons. The van der Waals surface area contributed by atoms with Crippen molar-refractivity contribution in [3.63, 3.8) is 0 Å². The summed E-state index contributed by atoms with van der Waals surface area (Å²) in [6.45, 7) is 1.85. The molecule has 2 N–H and O–H groups in total. The fourth-order valence-corrected chi connectivity index (χ4v) is 2.83. The molecule has 1 fully saturated rings. The highest BCUT2D eigenvalue weighted by Crippen LogP contribution is 2.51. The zero-order valence-electron chi connectivity index (χ0n) is 10.7. The molecule has 0 unspecified atom stereocenters. The third kappa shape index (κ3) is 1.63. The summed E-state index contributed by atoms with van der Waals surface area (Å²) < 4.78 is 16.8. The largest absolute Gasteiger partial charge is 0.497 e. The molecule has 0 bridgehead atoms. The van der Waals surface area contributed by atoms with Crippen molar-refractivity contribution < 1.29 is 14.2 Å². The minimum atomic E-state index is 0.0549. The molecule has 1 aromatic rings. The van der Waals surface area contributed by atoms with Crippen LogP contribution in [-0.4, -0.2) is 26.9 Å². The van der Waals surface area contributed by atoms with Crippen LogP contribution in [0.3, 0.4) is 0 Å². The molecule has 1 heterocycles. The molecule has 18 heavy (non-hydrogen) atoms. The van der Waals surface area contributed by atoms with Gasteiger partial charge in [-0.25, -0.2) is 0 Å². The van der Waals surface area contributed by atoms with Crippen molar-refractivity contribution in [1.29, 1.82) is 0 Å². The summed E-state index contributed by atoms with van der Waals surface area (Å²) in [5.74, 6) is 2.47. The van der Waals surface area contributed by atoms with E-state index in [1.165, 1.54) is 6.42 Å². The summed E-state index contributed by atoms with van der Waals surface area (Å²) in [6, 6.07) is 3.94. The zero-order chi connectivity index (χ0) is 12.6. The monoisotopic (exact) mass is 249 g/mol. The highest BCUT2D eigenvalue weighted by atomic mass is 16.6. The molecular weight excluding hydrogens is 230 g/mol. The molecular formula is C14H19NO3. The fourth-order valence-electron chi connectivity index (χ4n) is 2.83. The number of ether oxygens (including phenoxy) is 3. The zero-order valence-corrected chi connectivity index (χ0v) is 10.7. The fraction of sp³-hybridized carbons (Fsp3) is 0.571. The maximum absolute atomic E-state index is 5.99. The first kappa shape index (κ1) is 11.7. The van der Waals surface area contributed by atoms with E-state index in [0.717, 1.165) is 35.7 Å². The van der Waals surface area contributed by atoms with Crippen LogP contribution in [0.1, 0.15) is 24.8 Å². The molecule has 4 heteroatoms. The molecule has 0 spiro atoms. The van der Waals surface area contributed by atoms with Crippen LogP contribution >= 0.6 is 0 Å². The Morgan fingerprint density at radius 3 is 2.67 bits per heavy atom. The summed E-state index contributed by atoms with van der Waals surface area (Å²) in [5, 5.41) is 0. The van der Waals surface area contributed by atoms with Crippen LogP contribution in [-0.2, 0) is 5.41 Å². The Hall–Kier alpha value is -1.42. The van der Waals surface area contributed by atoms with Gasteiger partial charge in [-0.15, -0.1) is 0 Å². The summed E-state index contributed by atoms with van der Waals surface area (Å²) in [5.41, 5.74) is 7.20. The van der Waals surface area contributed by atoms with Gasteiger partial charge in [-0.1, -0.05) is 6.42 Å². The van der Waals surface area contributed by atoms with E-state index in [1.54, 1.807) is 7.11 Å². The molecule has 2 aliphatic rings. The van der Waals surface area contributed by atoms with E-state index in [2.05, 4.69) is 6.07 Å². The average Bonchev–Trinajstić information content (AvgIpc) is 2.37. The minimum Gasteiger partial charge on any atom is -0.497 e. The number of hydrogen-bond acceptors (Lipinski definition) is 4. The van der Waals surface area contributed by atoms with E-state index in [-0.39, 0.29) is 5.41 Å². The average molecular weight is 249 g/mol. The van der Waals surface area contributed by atoms with Crippen LogP contribution in [0, 0.1) is 0 Å². The SMILES string of the molecule is COc1cc2c(c(C3(CN)CCC3)c1)OCCO2. The Kier molecular flexibility index (Phi) is 2.82. The number of methoxy groups -OCH3 is 1. The van der Waals surface area contributed by atoms with Crippen molar-refractivity contribution in [2.75, 3.05) is 26.9 Å². The van der Waals surface area contributed by atoms with Crippen molar-refractivity contribution in [2.45, 2.75) is 24.7 Å². The van der Waals surface area contributed by atoms with Gasteiger partial charge < -0.3 is 19.9 Å². The van der Waals surface area contributed by atoms with Gasteiger partial charge in [0.25, 0.3) is 0 Å². The van der Waals surface area contributed by atoms with Gasteiger partial charge in [-0.05, 0) is 18.9 Å². The normalized spacial score (nSPS) is 20.1. The van der Waals surface area contributed by atoms with Crippen LogP contribution in [0.15, 0.2) is 12.1 Å². The topological polar surface area (TPSA) is 53.7 Å². The lowest BCUT2D eigenvalue weighted by Crippen LogP contribution is -2.42. The Morgan fingerprint density at radius 2 is 2.06 bits per heavy atom. The molecule has 1 aromatic carbocycles. The Balaban J connectivity index is 2.11. The first-order valence-corrected chi connectivity index (χ1v) is 6.47. The number of nitrogens with two attached hydrogens (primary N) is 1. The van der Waals surface area contributed by atoms with Crippen molar-refractivity contribution >= 4 is 0 Å². The van der Waals surface area contributed by atoms with Gasteiger partial charge >= 0.3 is 0 Å². The number of benzene rings is 1. The smallest absolute Gasteiger partial charge is 0.165 e. The van der Waals surface area contributed by atoms with Crippen LogP contribution < -0.4 is 19.9 Å². The van der Waals surface area contributed by atoms with Gasteiger partial charge in [0.15, 0.2) is 11.5 Å². The van der Waals surface area contributed by atoms with Gasteiger partial charge in [-0.2, -0.15) is 0 Å². The van der Waals surface area contributed by atoms with Gasteiger partial charge in [0.2, 0.25) is 0 Å². The molecule has 4 nitrogen and oxygen atoms in total. The molecule has 1 aliphatic heterocycles. The highest BCUT2D eigenvalue weighted by molar-refractivity contribution is 5.56. The van der Waals surface area contributed by atoms with E-state index in [0.29, 0.717) is 19.8 Å². The van der Waals surface area contributed by atoms with E-state index < -0.39 is 0 Å². The summed E-state index contributed by atoms with van der Waals surface area (Å²) in [4.78, 5) is 0. The van der Waals surface area contributed by atoms with Crippen molar-refractivity contribution in [2.24, 2.45) is 5.73 Å². The first-order valence-electron chi connectivity index (χ1n) is 6.47. The molecule has 3 rings (SSSR count). The van der Waals surface area contributed by atoms with E-state index in [9.17, 15) is 0 Å². The van der Waals surface area contributed by atoms with Gasteiger partial charge in [0.05, 0.1) is 7.11 Å². The highest BCUT2D eigenvalue weighted by Gasteiger charge is 2.41. The van der Waals surface area contributed by atoms with Crippen molar-refractivity contribution in [3.05, 3.63) is 17.7 Å². The Bertz CT molecular complexity index is 449. The lowest BCUT2D eigenvalue weighted by molar-refractivity contribution is 0.159. The number of fused-ring (bicyclic) bond motifs is 1. The predicted octanol–water partition coefficient (Wildman–Crippen LogP) is 1.85. The molecule has 0 saturated heterocycles. The standard InChI is InChI=1S/C14H19NO3/c1-16-10-7-11(14(9-15)3-2-4-14)13-12(8-10)17-5-6-18-13/h7-8H,2-6,9,15H2,1H3. The maximum atomic E-state index is 5.99. The van der Waals surface area contributed by atoms with Crippen LogP contribution in [0.2, 0.25) is 0 Å². The maximum Gasteiger partial charge on any atom is 0.165 e. The second-order valence-corrected chi connectivity index (χ2v) is 5.04. The molecule has 0 atom stereocenters. The third-order valence-corrected chi connectivity index (χ3v) is 4.12. The third-order valence-electron chi connectivity index (χ3n) is 4.12. The number of rotatable bonds is 3. The second kappa shape index (κ2) is 4.35. The van der Waals surface area contributed by atoms with Crippen LogP contribution in [0.5, 0.6) is 17.2 Å². The molecule has 1 saturated carbocycles.